The molecule has 84 valence electrons. The van der Waals surface area contributed by atoms with Crippen LogP contribution in [0.1, 0.15) is 32.8 Å². The maximum atomic E-state index is 5.92. The third-order valence-electron chi connectivity index (χ3n) is 2.37. The molecular formula is C13H20ClN. The third kappa shape index (κ3) is 5.19. The predicted molar refractivity (Wildman–Crippen MR) is 67.2 cm³/mol. The second-order valence-corrected chi connectivity index (χ2v) is 4.98. The van der Waals surface area contributed by atoms with Crippen LogP contribution in [-0.4, -0.2) is 6.04 Å². The lowest BCUT2D eigenvalue weighted by molar-refractivity contribution is 0.441. The highest BCUT2D eigenvalue weighted by Crippen LogP contribution is 2.11. The molecule has 1 rings (SSSR count). The van der Waals surface area contributed by atoms with Gasteiger partial charge in [-0.1, -0.05) is 37.6 Å². The highest BCUT2D eigenvalue weighted by molar-refractivity contribution is 6.30. The minimum Gasteiger partial charge on any atom is -0.310 e. The third-order valence-corrected chi connectivity index (χ3v) is 2.60. The second-order valence-electron chi connectivity index (χ2n) is 4.54. The summed E-state index contributed by atoms with van der Waals surface area (Å²) in [4.78, 5) is 0. The van der Waals surface area contributed by atoms with Gasteiger partial charge in [-0.2, -0.15) is 0 Å². The molecule has 1 atom stereocenters. The van der Waals surface area contributed by atoms with Gasteiger partial charge in [0.2, 0.25) is 0 Å². The lowest BCUT2D eigenvalue weighted by atomic mass is 10.1. The van der Waals surface area contributed by atoms with Gasteiger partial charge in [-0.15, -0.1) is 0 Å². The van der Waals surface area contributed by atoms with Gasteiger partial charge in [-0.05, 0) is 37.0 Å². The molecule has 0 heterocycles. The highest BCUT2D eigenvalue weighted by atomic mass is 35.5. The van der Waals surface area contributed by atoms with Crippen LogP contribution in [0.15, 0.2) is 24.3 Å². The van der Waals surface area contributed by atoms with Crippen LogP contribution in [0.4, 0.5) is 0 Å². The highest BCUT2D eigenvalue weighted by Gasteiger charge is 2.04. The van der Waals surface area contributed by atoms with E-state index in [0.717, 1.165) is 17.5 Å². The van der Waals surface area contributed by atoms with E-state index in [0.29, 0.717) is 6.04 Å². The number of rotatable bonds is 5. The molecule has 0 amide bonds. The van der Waals surface area contributed by atoms with Gasteiger partial charge in [0.05, 0.1) is 0 Å². The standard InChI is InChI=1S/C13H20ClN/c1-10(2)7-11(3)15-9-12-5-4-6-13(14)8-12/h4-6,8,10-11,15H,7,9H2,1-3H3. The lowest BCUT2D eigenvalue weighted by Crippen LogP contribution is -2.26. The fraction of sp³-hybridized carbons (Fsp3) is 0.538. The first-order valence-corrected chi connectivity index (χ1v) is 5.93. The van der Waals surface area contributed by atoms with Crippen molar-refractivity contribution in [1.82, 2.24) is 5.32 Å². The molecule has 0 spiro atoms. The summed E-state index contributed by atoms with van der Waals surface area (Å²) in [6, 6.07) is 8.57. The van der Waals surface area contributed by atoms with Crippen LogP contribution in [0.5, 0.6) is 0 Å². The fourth-order valence-electron chi connectivity index (χ4n) is 1.73. The van der Waals surface area contributed by atoms with Crippen molar-refractivity contribution in [1.29, 1.82) is 0 Å². The second kappa shape index (κ2) is 6.14. The van der Waals surface area contributed by atoms with Gasteiger partial charge in [0, 0.05) is 17.6 Å². The molecule has 0 aliphatic rings. The topological polar surface area (TPSA) is 12.0 Å². The van der Waals surface area contributed by atoms with E-state index < -0.39 is 0 Å². The van der Waals surface area contributed by atoms with Crippen molar-refractivity contribution < 1.29 is 0 Å². The minimum atomic E-state index is 0.559. The van der Waals surface area contributed by atoms with E-state index in [9.17, 15) is 0 Å². The quantitative estimate of drug-likeness (QED) is 0.803. The normalized spacial score (nSPS) is 13.1. The van der Waals surface area contributed by atoms with Gasteiger partial charge in [0.1, 0.15) is 0 Å². The zero-order valence-corrected chi connectivity index (χ0v) is 10.5. The number of hydrogen-bond acceptors (Lipinski definition) is 1. The molecule has 0 saturated carbocycles. The van der Waals surface area contributed by atoms with Gasteiger partial charge in [-0.3, -0.25) is 0 Å². The van der Waals surface area contributed by atoms with E-state index in [1.807, 2.05) is 18.2 Å². The molecule has 0 aliphatic heterocycles. The summed E-state index contributed by atoms with van der Waals surface area (Å²) < 4.78 is 0. The van der Waals surface area contributed by atoms with Crippen LogP contribution in [0.3, 0.4) is 0 Å². The molecule has 1 aromatic rings. The molecule has 0 aliphatic carbocycles. The molecule has 1 aromatic carbocycles. The van der Waals surface area contributed by atoms with E-state index in [1.54, 1.807) is 0 Å². The van der Waals surface area contributed by atoms with Crippen molar-refractivity contribution in [2.45, 2.75) is 39.8 Å². The van der Waals surface area contributed by atoms with Crippen LogP contribution >= 0.6 is 11.6 Å². The molecule has 1 unspecified atom stereocenters. The zero-order valence-electron chi connectivity index (χ0n) is 9.76. The molecule has 0 fully saturated rings. The fourth-order valence-corrected chi connectivity index (χ4v) is 1.94. The summed E-state index contributed by atoms with van der Waals surface area (Å²) in [6.45, 7) is 7.62. The first-order valence-electron chi connectivity index (χ1n) is 5.55. The molecule has 0 radical (unpaired) electrons. The minimum absolute atomic E-state index is 0.559. The summed E-state index contributed by atoms with van der Waals surface area (Å²) in [5.74, 6) is 0.742. The summed E-state index contributed by atoms with van der Waals surface area (Å²) >= 11 is 5.92. The number of halogens is 1. The van der Waals surface area contributed by atoms with Crippen molar-refractivity contribution in [3.8, 4) is 0 Å². The van der Waals surface area contributed by atoms with Gasteiger partial charge >= 0.3 is 0 Å². The van der Waals surface area contributed by atoms with Crippen molar-refractivity contribution >= 4 is 11.6 Å². The van der Waals surface area contributed by atoms with Crippen molar-refractivity contribution in [2.75, 3.05) is 0 Å². The average Bonchev–Trinajstić information content (AvgIpc) is 2.14. The smallest absolute Gasteiger partial charge is 0.0409 e. The van der Waals surface area contributed by atoms with Crippen LogP contribution in [0.2, 0.25) is 5.02 Å². The van der Waals surface area contributed by atoms with Gasteiger partial charge in [0.15, 0.2) is 0 Å². The molecule has 1 N–H and O–H groups in total. The average molecular weight is 226 g/mol. The first-order chi connectivity index (χ1) is 7.08. The molecule has 0 bridgehead atoms. The molecular weight excluding hydrogens is 206 g/mol. The Kier molecular flexibility index (Phi) is 5.13. The lowest BCUT2D eigenvalue weighted by Gasteiger charge is -2.15. The SMILES string of the molecule is CC(C)CC(C)NCc1cccc(Cl)c1. The largest absolute Gasteiger partial charge is 0.310 e. The molecule has 1 nitrogen and oxygen atoms in total. The monoisotopic (exact) mass is 225 g/mol. The Morgan fingerprint density at radius 1 is 1.27 bits per heavy atom. The zero-order chi connectivity index (χ0) is 11.3. The summed E-state index contributed by atoms with van der Waals surface area (Å²) in [7, 11) is 0. The Labute approximate surface area is 97.8 Å². The van der Waals surface area contributed by atoms with E-state index in [1.165, 1.54) is 12.0 Å². The number of nitrogens with one attached hydrogen (secondary N) is 1. The maximum absolute atomic E-state index is 5.92. The molecule has 15 heavy (non-hydrogen) atoms. The molecule has 0 aromatic heterocycles. The van der Waals surface area contributed by atoms with E-state index in [4.69, 9.17) is 11.6 Å². The summed E-state index contributed by atoms with van der Waals surface area (Å²) in [6.07, 6.45) is 1.21. The maximum Gasteiger partial charge on any atom is 0.0409 e. The molecule has 2 heteroatoms. The van der Waals surface area contributed by atoms with Crippen LogP contribution in [-0.2, 0) is 6.54 Å². The van der Waals surface area contributed by atoms with Crippen molar-refractivity contribution in [2.24, 2.45) is 5.92 Å². The van der Waals surface area contributed by atoms with Crippen molar-refractivity contribution in [3.63, 3.8) is 0 Å². The Balaban J connectivity index is 2.36. The number of hydrogen-bond donors (Lipinski definition) is 1. The van der Waals surface area contributed by atoms with E-state index in [-0.39, 0.29) is 0 Å². The van der Waals surface area contributed by atoms with Crippen molar-refractivity contribution in [3.05, 3.63) is 34.9 Å². The first kappa shape index (κ1) is 12.5. The van der Waals surface area contributed by atoms with E-state index in [2.05, 4.69) is 32.2 Å². The number of benzene rings is 1. The van der Waals surface area contributed by atoms with Gasteiger partial charge in [-0.25, -0.2) is 0 Å². The summed E-state index contributed by atoms with van der Waals surface area (Å²) in [5.41, 5.74) is 1.25. The van der Waals surface area contributed by atoms with Gasteiger partial charge in [0.25, 0.3) is 0 Å². The Hall–Kier alpha value is -0.530. The van der Waals surface area contributed by atoms with Crippen LogP contribution < -0.4 is 5.32 Å². The molecule has 0 saturated heterocycles. The van der Waals surface area contributed by atoms with Crippen LogP contribution in [0, 0.1) is 5.92 Å². The van der Waals surface area contributed by atoms with E-state index >= 15 is 0 Å². The Morgan fingerprint density at radius 2 is 2.00 bits per heavy atom. The van der Waals surface area contributed by atoms with Crippen LogP contribution in [0.25, 0.3) is 0 Å². The summed E-state index contributed by atoms with van der Waals surface area (Å²) in [5, 5.41) is 4.31. The van der Waals surface area contributed by atoms with Gasteiger partial charge < -0.3 is 5.32 Å². The Morgan fingerprint density at radius 3 is 2.60 bits per heavy atom. The predicted octanol–water partition coefficient (Wildman–Crippen LogP) is 3.86. The Bertz CT molecular complexity index is 296.